The quantitative estimate of drug-likeness (QED) is 0.765. The minimum atomic E-state index is -0.481. The Morgan fingerprint density at radius 2 is 1.54 bits per heavy atom. The van der Waals surface area contributed by atoms with Crippen LogP contribution in [0.25, 0.3) is 0 Å². The second-order valence-electron chi connectivity index (χ2n) is 8.08. The van der Waals surface area contributed by atoms with Gasteiger partial charge in [-0.15, -0.1) is 0 Å². The third kappa shape index (κ3) is 2.85. The van der Waals surface area contributed by atoms with E-state index in [9.17, 15) is 19.2 Å². The Kier molecular flexibility index (Phi) is 4.09. The van der Waals surface area contributed by atoms with Crippen molar-refractivity contribution in [3.8, 4) is 0 Å². The Morgan fingerprint density at radius 3 is 2.15 bits per heavy atom. The third-order valence-electron chi connectivity index (χ3n) is 4.73. The van der Waals surface area contributed by atoms with Crippen LogP contribution in [0.5, 0.6) is 0 Å². The number of nitrogens with one attached hydrogen (secondary N) is 1. The Hall–Kier alpha value is -2.76. The first-order valence-corrected chi connectivity index (χ1v) is 8.59. The summed E-state index contributed by atoms with van der Waals surface area (Å²) in [5, 5.41) is 0. The van der Waals surface area contributed by atoms with E-state index in [1.807, 2.05) is 20.8 Å². The molecule has 2 heterocycles. The smallest absolute Gasteiger partial charge is 0.251 e. The van der Waals surface area contributed by atoms with Crippen molar-refractivity contribution in [3.05, 3.63) is 66.5 Å². The maximum Gasteiger partial charge on any atom is 0.251 e. The number of nitrogens with zero attached hydrogens (tertiary/aromatic N) is 1. The number of hydrogen-bond acceptors (Lipinski definition) is 4. The zero-order valence-electron chi connectivity index (χ0n) is 15.6. The zero-order valence-corrected chi connectivity index (χ0v) is 15.6. The van der Waals surface area contributed by atoms with Gasteiger partial charge >= 0.3 is 0 Å². The predicted octanol–water partition coefficient (Wildman–Crippen LogP) is 2.37. The number of aromatic amines is 1. The van der Waals surface area contributed by atoms with Gasteiger partial charge in [-0.25, -0.2) is 0 Å². The van der Waals surface area contributed by atoms with E-state index in [-0.39, 0.29) is 39.3 Å². The highest BCUT2D eigenvalue weighted by Crippen LogP contribution is 2.29. The average molecular weight is 354 g/mol. The largest absolute Gasteiger partial charge is 0.318 e. The van der Waals surface area contributed by atoms with Crippen LogP contribution >= 0.6 is 0 Å². The maximum absolute atomic E-state index is 13.1. The van der Waals surface area contributed by atoms with Crippen LogP contribution in [-0.2, 0) is 6.54 Å². The molecule has 26 heavy (non-hydrogen) atoms. The van der Waals surface area contributed by atoms with Crippen molar-refractivity contribution in [3.63, 3.8) is 0 Å². The SMILES string of the molecule is Cc1cc(=O)[nH]c2c1C(=O)c1c(C)cc(=O)n(CCC(C)(C)C)c1C2=O. The molecule has 136 valence electrons. The van der Waals surface area contributed by atoms with Crippen LogP contribution in [0.4, 0.5) is 0 Å². The van der Waals surface area contributed by atoms with Gasteiger partial charge in [0.1, 0.15) is 11.4 Å². The van der Waals surface area contributed by atoms with Crippen molar-refractivity contribution in [2.24, 2.45) is 5.41 Å². The molecule has 6 nitrogen and oxygen atoms in total. The van der Waals surface area contributed by atoms with Crippen LogP contribution in [0.2, 0.25) is 0 Å². The summed E-state index contributed by atoms with van der Waals surface area (Å²) in [5.41, 5.74) is 0.664. The molecule has 0 saturated heterocycles. The highest BCUT2D eigenvalue weighted by molar-refractivity contribution is 6.27. The summed E-state index contributed by atoms with van der Waals surface area (Å²) in [6.07, 6.45) is 0.668. The normalized spacial score (nSPS) is 13.6. The molecule has 3 rings (SSSR count). The number of fused-ring (bicyclic) bond motifs is 2. The van der Waals surface area contributed by atoms with Gasteiger partial charge in [-0.3, -0.25) is 19.2 Å². The number of carbonyl (C=O) groups is 2. The lowest BCUT2D eigenvalue weighted by atomic mass is 9.85. The van der Waals surface area contributed by atoms with Crippen LogP contribution in [0.15, 0.2) is 21.7 Å². The summed E-state index contributed by atoms with van der Waals surface area (Å²) >= 11 is 0. The van der Waals surface area contributed by atoms with Gasteiger partial charge in [0.05, 0.1) is 11.1 Å². The van der Waals surface area contributed by atoms with Crippen molar-refractivity contribution in [2.45, 2.75) is 47.6 Å². The molecule has 1 N–H and O–H groups in total. The fourth-order valence-corrected chi connectivity index (χ4v) is 3.35. The van der Waals surface area contributed by atoms with Crippen molar-refractivity contribution in [2.75, 3.05) is 0 Å². The van der Waals surface area contributed by atoms with E-state index in [2.05, 4.69) is 4.98 Å². The van der Waals surface area contributed by atoms with E-state index in [1.54, 1.807) is 13.8 Å². The molecule has 0 aromatic carbocycles. The molecule has 2 aromatic heterocycles. The Labute approximate surface area is 150 Å². The maximum atomic E-state index is 13.1. The minimum absolute atomic E-state index is 0.0259. The fraction of sp³-hybridized carbons (Fsp3) is 0.400. The van der Waals surface area contributed by atoms with Crippen molar-refractivity contribution in [1.82, 2.24) is 9.55 Å². The number of ketones is 2. The Morgan fingerprint density at radius 1 is 0.923 bits per heavy atom. The second kappa shape index (κ2) is 5.90. The zero-order chi connectivity index (χ0) is 19.4. The summed E-state index contributed by atoms with van der Waals surface area (Å²) in [4.78, 5) is 53.1. The fourth-order valence-electron chi connectivity index (χ4n) is 3.35. The molecule has 0 fully saturated rings. The first-order chi connectivity index (χ1) is 12.0. The monoisotopic (exact) mass is 354 g/mol. The molecule has 0 unspecified atom stereocenters. The highest BCUT2D eigenvalue weighted by Gasteiger charge is 2.36. The molecular formula is C20H22N2O4. The lowest BCUT2D eigenvalue weighted by Crippen LogP contribution is -2.36. The van der Waals surface area contributed by atoms with Crippen LogP contribution in [0.1, 0.15) is 70.4 Å². The molecule has 2 aromatic rings. The summed E-state index contributed by atoms with van der Waals surface area (Å²) < 4.78 is 1.37. The van der Waals surface area contributed by atoms with Gasteiger partial charge in [-0.2, -0.15) is 0 Å². The lowest BCUT2D eigenvalue weighted by Gasteiger charge is -2.25. The van der Waals surface area contributed by atoms with E-state index >= 15 is 0 Å². The first kappa shape index (κ1) is 18.0. The Bertz CT molecular complexity index is 1060. The molecule has 1 aliphatic rings. The van der Waals surface area contributed by atoms with Crippen LogP contribution in [0, 0.1) is 19.3 Å². The summed E-state index contributed by atoms with van der Waals surface area (Å²) in [6, 6.07) is 2.71. The molecular weight excluding hydrogens is 332 g/mol. The topological polar surface area (TPSA) is 89.0 Å². The van der Waals surface area contributed by atoms with Crippen LogP contribution in [0.3, 0.4) is 0 Å². The third-order valence-corrected chi connectivity index (χ3v) is 4.73. The number of pyridine rings is 2. The molecule has 0 bridgehead atoms. The number of rotatable bonds is 2. The Balaban J connectivity index is 2.30. The minimum Gasteiger partial charge on any atom is -0.318 e. The molecule has 1 aliphatic carbocycles. The van der Waals surface area contributed by atoms with E-state index in [0.717, 1.165) is 0 Å². The van der Waals surface area contributed by atoms with Gasteiger partial charge in [0, 0.05) is 18.7 Å². The molecule has 0 spiro atoms. The van der Waals surface area contributed by atoms with E-state index in [0.29, 0.717) is 24.1 Å². The van der Waals surface area contributed by atoms with E-state index in [1.165, 1.54) is 16.7 Å². The number of aromatic nitrogens is 2. The standard InChI is InChI=1S/C20H22N2O4/c1-10-8-12(23)21-16-14(10)18(25)15-11(2)9-13(24)22(17(15)19(16)26)7-6-20(3,4)5/h8-9H,6-7H2,1-5H3,(H,21,23). The van der Waals surface area contributed by atoms with Gasteiger partial charge in [-0.05, 0) is 36.8 Å². The van der Waals surface area contributed by atoms with Gasteiger partial charge in [0.2, 0.25) is 11.3 Å². The number of hydrogen-bond donors (Lipinski definition) is 1. The number of H-pyrrole nitrogens is 1. The molecule has 0 atom stereocenters. The number of carbonyl (C=O) groups excluding carboxylic acids is 2. The second-order valence-corrected chi connectivity index (χ2v) is 8.08. The first-order valence-electron chi connectivity index (χ1n) is 8.59. The predicted molar refractivity (Wildman–Crippen MR) is 98.2 cm³/mol. The average Bonchev–Trinajstić information content (AvgIpc) is 2.49. The molecule has 6 heteroatoms. The van der Waals surface area contributed by atoms with Crippen LogP contribution < -0.4 is 11.1 Å². The summed E-state index contributed by atoms with van der Waals surface area (Å²) in [6.45, 7) is 9.75. The molecule has 0 radical (unpaired) electrons. The highest BCUT2D eigenvalue weighted by atomic mass is 16.2. The van der Waals surface area contributed by atoms with Crippen LogP contribution in [-0.4, -0.2) is 21.1 Å². The van der Waals surface area contributed by atoms with Crippen molar-refractivity contribution >= 4 is 11.6 Å². The van der Waals surface area contributed by atoms with E-state index in [4.69, 9.17) is 0 Å². The van der Waals surface area contributed by atoms with Gasteiger partial charge < -0.3 is 9.55 Å². The van der Waals surface area contributed by atoms with E-state index < -0.39 is 11.3 Å². The van der Waals surface area contributed by atoms with Crippen molar-refractivity contribution < 1.29 is 9.59 Å². The summed E-state index contributed by atoms with van der Waals surface area (Å²) in [5.74, 6) is -0.810. The van der Waals surface area contributed by atoms with Gasteiger partial charge in [0.15, 0.2) is 5.78 Å². The lowest BCUT2D eigenvalue weighted by molar-refractivity contribution is 0.0964. The number of aryl methyl sites for hydroxylation is 2. The molecule has 0 saturated carbocycles. The van der Waals surface area contributed by atoms with Gasteiger partial charge in [-0.1, -0.05) is 20.8 Å². The molecule has 0 aliphatic heterocycles. The summed E-state index contributed by atoms with van der Waals surface area (Å²) in [7, 11) is 0. The van der Waals surface area contributed by atoms with Gasteiger partial charge in [0.25, 0.3) is 5.56 Å². The molecule has 0 amide bonds. The van der Waals surface area contributed by atoms with Crippen molar-refractivity contribution in [1.29, 1.82) is 0 Å².